The molecule has 1 fully saturated rings. The van der Waals surface area contributed by atoms with Gasteiger partial charge in [-0.15, -0.1) is 0 Å². The summed E-state index contributed by atoms with van der Waals surface area (Å²) in [4.78, 5) is 13.7. The van der Waals surface area contributed by atoms with Crippen LogP contribution in [0.4, 0.5) is 0 Å². The average Bonchev–Trinajstić information content (AvgIpc) is 2.76. The first-order valence-electron chi connectivity index (χ1n) is 6.17. The molecule has 0 aromatic carbocycles. The Kier molecular flexibility index (Phi) is 3.78. The van der Waals surface area contributed by atoms with E-state index in [1.165, 1.54) is 18.4 Å². The molecule has 2 heterocycles. The number of hydrogen-bond acceptors (Lipinski definition) is 3. The van der Waals surface area contributed by atoms with E-state index in [0.29, 0.717) is 12.6 Å². The number of rotatable bonds is 3. The summed E-state index contributed by atoms with van der Waals surface area (Å²) in [6.07, 6.45) is 5.33. The molecule has 94 valence electrons. The third-order valence-electron chi connectivity index (χ3n) is 3.44. The summed E-state index contributed by atoms with van der Waals surface area (Å²) in [5.74, 6) is 0.0778. The number of amides is 1. The van der Waals surface area contributed by atoms with Crippen LogP contribution in [0, 0.1) is 6.92 Å². The summed E-state index contributed by atoms with van der Waals surface area (Å²) in [6, 6.07) is 0.309. The fraction of sp³-hybridized carbons (Fsp3) is 0.667. The number of hydrogen-bond donors (Lipinski definition) is 2. The molecule has 1 aromatic heterocycles. The molecule has 1 aliphatic rings. The third-order valence-corrected chi connectivity index (χ3v) is 3.44. The topological polar surface area (TPSA) is 61.0 Å². The summed E-state index contributed by atoms with van der Waals surface area (Å²) in [5, 5.41) is 9.84. The molecule has 2 rings (SSSR count). The maximum absolute atomic E-state index is 11.5. The number of likely N-dealkylation sites (tertiary alicyclic amines) is 1. The van der Waals surface area contributed by atoms with Gasteiger partial charge in [0.15, 0.2) is 0 Å². The van der Waals surface area contributed by atoms with Crippen molar-refractivity contribution in [2.45, 2.75) is 32.2 Å². The number of aryl methyl sites for hydroxylation is 1. The minimum atomic E-state index is 0.0778. The van der Waals surface area contributed by atoms with Crippen LogP contribution in [0.3, 0.4) is 0 Å². The van der Waals surface area contributed by atoms with Crippen LogP contribution in [-0.4, -0.2) is 41.1 Å². The SMILES string of the molecule is CNC(=O)CN1CCCCC1c1[nH]ncc1C. The fourth-order valence-corrected chi connectivity index (χ4v) is 2.46. The zero-order valence-electron chi connectivity index (χ0n) is 10.5. The number of piperidine rings is 1. The number of aromatic nitrogens is 2. The first kappa shape index (κ1) is 12.1. The lowest BCUT2D eigenvalue weighted by atomic mass is 9.97. The molecule has 1 atom stereocenters. The Morgan fingerprint density at radius 3 is 3.12 bits per heavy atom. The van der Waals surface area contributed by atoms with Crippen LogP contribution >= 0.6 is 0 Å². The van der Waals surface area contributed by atoms with Crippen LogP contribution in [0.15, 0.2) is 6.20 Å². The zero-order chi connectivity index (χ0) is 12.3. The zero-order valence-corrected chi connectivity index (χ0v) is 10.5. The lowest BCUT2D eigenvalue weighted by molar-refractivity contribution is -0.122. The van der Waals surface area contributed by atoms with Gasteiger partial charge in [0.25, 0.3) is 0 Å². The van der Waals surface area contributed by atoms with E-state index in [1.54, 1.807) is 7.05 Å². The van der Waals surface area contributed by atoms with Crippen molar-refractivity contribution < 1.29 is 4.79 Å². The molecule has 1 aliphatic heterocycles. The highest BCUT2D eigenvalue weighted by Gasteiger charge is 2.27. The normalized spacial score (nSPS) is 21.4. The lowest BCUT2D eigenvalue weighted by Gasteiger charge is -2.34. The quantitative estimate of drug-likeness (QED) is 0.822. The summed E-state index contributed by atoms with van der Waals surface area (Å²) in [6.45, 7) is 3.52. The van der Waals surface area contributed by atoms with Gasteiger partial charge < -0.3 is 5.32 Å². The monoisotopic (exact) mass is 236 g/mol. The molecule has 1 unspecified atom stereocenters. The molecule has 1 saturated heterocycles. The fourth-order valence-electron chi connectivity index (χ4n) is 2.46. The number of carbonyl (C=O) groups excluding carboxylic acids is 1. The van der Waals surface area contributed by atoms with E-state index in [2.05, 4.69) is 27.3 Å². The Morgan fingerprint density at radius 2 is 2.47 bits per heavy atom. The van der Waals surface area contributed by atoms with Crippen molar-refractivity contribution in [3.63, 3.8) is 0 Å². The highest BCUT2D eigenvalue weighted by atomic mass is 16.1. The Balaban J connectivity index is 2.12. The van der Waals surface area contributed by atoms with Crippen molar-refractivity contribution in [2.75, 3.05) is 20.1 Å². The van der Waals surface area contributed by atoms with Gasteiger partial charge in [0.1, 0.15) is 0 Å². The standard InChI is InChI=1S/C12H20N4O/c1-9-7-14-15-12(9)10-5-3-4-6-16(10)8-11(17)13-2/h7,10H,3-6,8H2,1-2H3,(H,13,17)(H,14,15). The van der Waals surface area contributed by atoms with Crippen LogP contribution in [-0.2, 0) is 4.79 Å². The van der Waals surface area contributed by atoms with Gasteiger partial charge in [-0.3, -0.25) is 14.8 Å². The van der Waals surface area contributed by atoms with Crippen LogP contribution in [0.25, 0.3) is 0 Å². The highest BCUT2D eigenvalue weighted by molar-refractivity contribution is 5.77. The Hall–Kier alpha value is -1.36. The largest absolute Gasteiger partial charge is 0.358 e. The van der Waals surface area contributed by atoms with E-state index in [0.717, 1.165) is 18.7 Å². The van der Waals surface area contributed by atoms with E-state index >= 15 is 0 Å². The lowest BCUT2D eigenvalue weighted by Crippen LogP contribution is -2.41. The molecule has 0 saturated carbocycles. The summed E-state index contributed by atoms with van der Waals surface area (Å²) >= 11 is 0. The number of aromatic amines is 1. The van der Waals surface area contributed by atoms with E-state index in [-0.39, 0.29) is 5.91 Å². The number of nitrogens with zero attached hydrogens (tertiary/aromatic N) is 2. The highest BCUT2D eigenvalue weighted by Crippen LogP contribution is 2.30. The van der Waals surface area contributed by atoms with Crippen LogP contribution in [0.2, 0.25) is 0 Å². The number of likely N-dealkylation sites (N-methyl/N-ethyl adjacent to an activating group) is 1. The number of H-pyrrole nitrogens is 1. The summed E-state index contributed by atoms with van der Waals surface area (Å²) < 4.78 is 0. The first-order valence-corrected chi connectivity index (χ1v) is 6.17. The molecule has 0 spiro atoms. The van der Waals surface area contributed by atoms with Gasteiger partial charge in [0.2, 0.25) is 5.91 Å². The minimum absolute atomic E-state index is 0.0778. The van der Waals surface area contributed by atoms with Crippen LogP contribution in [0.5, 0.6) is 0 Å². The smallest absolute Gasteiger partial charge is 0.233 e. The van der Waals surface area contributed by atoms with Gasteiger partial charge in [-0.05, 0) is 31.9 Å². The maximum atomic E-state index is 11.5. The van der Waals surface area contributed by atoms with Crippen molar-refractivity contribution in [1.29, 1.82) is 0 Å². The molecule has 1 aromatic rings. The molecular formula is C12H20N4O. The van der Waals surface area contributed by atoms with Crippen molar-refractivity contribution in [3.8, 4) is 0 Å². The van der Waals surface area contributed by atoms with Crippen LogP contribution < -0.4 is 5.32 Å². The molecule has 5 nitrogen and oxygen atoms in total. The Morgan fingerprint density at radius 1 is 1.65 bits per heavy atom. The van der Waals surface area contributed by atoms with Gasteiger partial charge in [-0.25, -0.2) is 0 Å². The van der Waals surface area contributed by atoms with Crippen molar-refractivity contribution in [1.82, 2.24) is 20.4 Å². The van der Waals surface area contributed by atoms with E-state index in [9.17, 15) is 4.79 Å². The molecule has 2 N–H and O–H groups in total. The van der Waals surface area contributed by atoms with Gasteiger partial charge in [-0.1, -0.05) is 6.42 Å². The third kappa shape index (κ3) is 2.66. The predicted octanol–water partition coefficient (Wildman–Crippen LogP) is 0.991. The molecule has 0 radical (unpaired) electrons. The van der Waals surface area contributed by atoms with Crippen molar-refractivity contribution in [2.24, 2.45) is 0 Å². The van der Waals surface area contributed by atoms with Crippen molar-refractivity contribution in [3.05, 3.63) is 17.5 Å². The van der Waals surface area contributed by atoms with Crippen LogP contribution in [0.1, 0.15) is 36.6 Å². The van der Waals surface area contributed by atoms with E-state index < -0.39 is 0 Å². The molecule has 1 amide bonds. The van der Waals surface area contributed by atoms with Gasteiger partial charge in [0.05, 0.1) is 24.5 Å². The molecule has 17 heavy (non-hydrogen) atoms. The minimum Gasteiger partial charge on any atom is -0.358 e. The first-order chi connectivity index (χ1) is 8.22. The molecular weight excluding hydrogens is 216 g/mol. The van der Waals surface area contributed by atoms with E-state index in [1.807, 2.05) is 6.20 Å². The van der Waals surface area contributed by atoms with Crippen molar-refractivity contribution >= 4 is 5.91 Å². The average molecular weight is 236 g/mol. The summed E-state index contributed by atoms with van der Waals surface area (Å²) in [5.41, 5.74) is 2.34. The number of nitrogens with one attached hydrogen (secondary N) is 2. The van der Waals surface area contributed by atoms with E-state index in [4.69, 9.17) is 0 Å². The second kappa shape index (κ2) is 5.31. The molecule has 0 bridgehead atoms. The Bertz CT molecular complexity index is 388. The number of carbonyl (C=O) groups is 1. The maximum Gasteiger partial charge on any atom is 0.233 e. The summed E-state index contributed by atoms with van der Waals surface area (Å²) in [7, 11) is 1.68. The molecule has 5 heteroatoms. The molecule has 0 aliphatic carbocycles. The predicted molar refractivity (Wildman–Crippen MR) is 65.6 cm³/mol. The van der Waals surface area contributed by atoms with Gasteiger partial charge in [0, 0.05) is 7.05 Å². The van der Waals surface area contributed by atoms with Gasteiger partial charge >= 0.3 is 0 Å². The van der Waals surface area contributed by atoms with Gasteiger partial charge in [-0.2, -0.15) is 5.10 Å². The Labute approximate surface area is 102 Å². The second-order valence-corrected chi connectivity index (χ2v) is 4.62. The second-order valence-electron chi connectivity index (χ2n) is 4.62.